The lowest BCUT2D eigenvalue weighted by atomic mass is 9.84. The normalized spacial score (nSPS) is 38.5. The average molecular weight is 294 g/mol. The van der Waals surface area contributed by atoms with Gasteiger partial charge in [-0.3, -0.25) is 14.6 Å². The molecule has 3 fully saturated rings. The minimum Gasteiger partial charge on any atom is -0.334 e. The van der Waals surface area contributed by atoms with E-state index in [0.29, 0.717) is 24.2 Å². The van der Waals surface area contributed by atoms with Crippen molar-refractivity contribution in [2.75, 3.05) is 33.4 Å². The summed E-state index contributed by atoms with van der Waals surface area (Å²) in [5.41, 5.74) is 0. The summed E-state index contributed by atoms with van der Waals surface area (Å²) in [7, 11) is 2.21. The molecule has 1 saturated carbocycles. The maximum Gasteiger partial charge on any atom is 0.220 e. The Balaban J connectivity index is 1.74. The van der Waals surface area contributed by atoms with E-state index in [-0.39, 0.29) is 5.91 Å². The molecule has 0 aromatic carbocycles. The van der Waals surface area contributed by atoms with Crippen molar-refractivity contribution in [2.45, 2.75) is 63.7 Å². The third kappa shape index (κ3) is 2.96. The van der Waals surface area contributed by atoms with Crippen LogP contribution in [0.4, 0.5) is 0 Å². The van der Waals surface area contributed by atoms with Crippen molar-refractivity contribution in [3.8, 4) is 0 Å². The van der Waals surface area contributed by atoms with E-state index in [1.807, 2.05) is 0 Å². The van der Waals surface area contributed by atoms with Crippen molar-refractivity contribution in [3.63, 3.8) is 0 Å². The summed E-state index contributed by atoms with van der Waals surface area (Å²) in [5, 5.41) is 3.46. The molecule has 0 aromatic heterocycles. The van der Waals surface area contributed by atoms with E-state index >= 15 is 0 Å². The van der Waals surface area contributed by atoms with Crippen molar-refractivity contribution in [1.29, 1.82) is 0 Å². The summed E-state index contributed by atoms with van der Waals surface area (Å²) in [6.45, 7) is 8.23. The predicted octanol–water partition coefficient (Wildman–Crippen LogP) is 0.711. The summed E-state index contributed by atoms with van der Waals surface area (Å²) in [6, 6.07) is 1.98. The molecule has 2 saturated heterocycles. The highest BCUT2D eigenvalue weighted by Crippen LogP contribution is 2.33. The van der Waals surface area contributed by atoms with Gasteiger partial charge in [-0.25, -0.2) is 0 Å². The van der Waals surface area contributed by atoms with E-state index in [0.717, 1.165) is 26.3 Å². The molecule has 5 heteroatoms. The van der Waals surface area contributed by atoms with E-state index in [4.69, 9.17) is 0 Å². The van der Waals surface area contributed by atoms with E-state index in [9.17, 15) is 4.79 Å². The number of nitrogens with zero attached hydrogens (tertiary/aromatic N) is 3. The number of fused-ring (bicyclic) bond motifs is 1. The fraction of sp³-hybridized carbons (Fsp3) is 0.938. The molecule has 5 nitrogen and oxygen atoms in total. The Morgan fingerprint density at radius 1 is 1.24 bits per heavy atom. The topological polar surface area (TPSA) is 38.8 Å². The predicted molar refractivity (Wildman–Crippen MR) is 84.0 cm³/mol. The Kier molecular flexibility index (Phi) is 4.52. The lowest BCUT2D eigenvalue weighted by Crippen LogP contribution is -2.66. The molecule has 3 rings (SSSR count). The number of piperazine rings is 1. The van der Waals surface area contributed by atoms with Crippen LogP contribution in [0.3, 0.4) is 0 Å². The van der Waals surface area contributed by atoms with Crippen LogP contribution in [0.15, 0.2) is 0 Å². The first-order valence-electron chi connectivity index (χ1n) is 8.52. The van der Waals surface area contributed by atoms with Crippen LogP contribution in [-0.2, 0) is 4.79 Å². The zero-order chi connectivity index (χ0) is 15.0. The molecule has 1 N–H and O–H groups in total. The Bertz CT molecular complexity index is 388. The van der Waals surface area contributed by atoms with Crippen molar-refractivity contribution in [3.05, 3.63) is 0 Å². The zero-order valence-electron chi connectivity index (χ0n) is 13.7. The molecular weight excluding hydrogens is 264 g/mol. The molecular formula is C16H30N4O. The summed E-state index contributed by atoms with van der Waals surface area (Å²) < 4.78 is 0. The molecule has 21 heavy (non-hydrogen) atoms. The average Bonchev–Trinajstić information content (AvgIpc) is 2.84. The van der Waals surface area contributed by atoms with Crippen LogP contribution in [0.2, 0.25) is 0 Å². The zero-order valence-corrected chi connectivity index (χ0v) is 13.7. The Morgan fingerprint density at radius 2 is 1.95 bits per heavy atom. The Labute approximate surface area is 128 Å². The van der Waals surface area contributed by atoms with E-state index in [1.54, 1.807) is 6.92 Å². The highest BCUT2D eigenvalue weighted by Gasteiger charge is 2.43. The number of rotatable bonds is 2. The number of nitrogens with one attached hydrogen (secondary N) is 1. The largest absolute Gasteiger partial charge is 0.334 e. The second-order valence-corrected chi connectivity index (χ2v) is 7.17. The minimum atomic E-state index is 0.263. The third-order valence-electron chi connectivity index (χ3n) is 5.67. The lowest BCUT2D eigenvalue weighted by molar-refractivity contribution is -0.142. The SMILES string of the molecule is CC(=O)N1C2CCCCC2N(CC2CNCN2C)C[C@@H]1C. The van der Waals surface area contributed by atoms with Gasteiger partial charge in [-0.15, -0.1) is 0 Å². The van der Waals surface area contributed by atoms with Crippen LogP contribution in [0, 0.1) is 0 Å². The summed E-state index contributed by atoms with van der Waals surface area (Å²) in [5.74, 6) is 0.263. The lowest BCUT2D eigenvalue weighted by Gasteiger charge is -2.53. The number of likely N-dealkylation sites (N-methyl/N-ethyl adjacent to an activating group) is 1. The number of hydrogen-bond donors (Lipinski definition) is 1. The standard InChI is InChI=1S/C16H30N4O/c1-12-9-19(10-14-8-17-11-18(14)3)15-6-4-5-7-16(15)20(12)13(2)21/h12,14-17H,4-11H2,1-3H3/t12-,14?,15?,16?/m0/s1. The van der Waals surface area contributed by atoms with Gasteiger partial charge >= 0.3 is 0 Å². The van der Waals surface area contributed by atoms with Gasteiger partial charge in [0.1, 0.15) is 0 Å². The number of carbonyl (C=O) groups excluding carboxylic acids is 1. The molecule has 3 aliphatic rings. The van der Waals surface area contributed by atoms with Crippen molar-refractivity contribution in [2.24, 2.45) is 0 Å². The van der Waals surface area contributed by atoms with Crippen LogP contribution in [0.1, 0.15) is 39.5 Å². The smallest absolute Gasteiger partial charge is 0.220 e. The van der Waals surface area contributed by atoms with Crippen LogP contribution < -0.4 is 5.32 Å². The van der Waals surface area contributed by atoms with Crippen LogP contribution in [0.25, 0.3) is 0 Å². The van der Waals surface area contributed by atoms with Crippen molar-refractivity contribution < 1.29 is 4.79 Å². The van der Waals surface area contributed by atoms with E-state index in [2.05, 4.69) is 34.0 Å². The van der Waals surface area contributed by atoms with E-state index in [1.165, 1.54) is 25.7 Å². The first-order valence-corrected chi connectivity index (χ1v) is 8.52. The van der Waals surface area contributed by atoms with Crippen molar-refractivity contribution >= 4 is 5.91 Å². The molecule has 0 spiro atoms. The summed E-state index contributed by atoms with van der Waals surface area (Å²) in [4.78, 5) is 19.3. The third-order valence-corrected chi connectivity index (χ3v) is 5.67. The molecule has 2 aliphatic heterocycles. The quantitative estimate of drug-likeness (QED) is 0.814. The number of hydrogen-bond acceptors (Lipinski definition) is 4. The van der Waals surface area contributed by atoms with Gasteiger partial charge in [-0.1, -0.05) is 12.8 Å². The minimum absolute atomic E-state index is 0.263. The first kappa shape index (κ1) is 15.3. The molecule has 0 aromatic rings. The summed E-state index contributed by atoms with van der Waals surface area (Å²) in [6.07, 6.45) is 5.03. The maximum atomic E-state index is 12.1. The maximum absolute atomic E-state index is 12.1. The molecule has 0 bridgehead atoms. The molecule has 0 radical (unpaired) electrons. The second kappa shape index (κ2) is 6.23. The van der Waals surface area contributed by atoms with Gasteiger partial charge in [-0.05, 0) is 26.8 Å². The van der Waals surface area contributed by atoms with E-state index < -0.39 is 0 Å². The van der Waals surface area contributed by atoms with Gasteiger partial charge in [0.05, 0.1) is 0 Å². The second-order valence-electron chi connectivity index (χ2n) is 7.17. The van der Waals surface area contributed by atoms with Crippen LogP contribution in [0.5, 0.6) is 0 Å². The highest BCUT2D eigenvalue weighted by molar-refractivity contribution is 5.74. The molecule has 1 amide bonds. The number of amides is 1. The van der Waals surface area contributed by atoms with Gasteiger partial charge in [0.25, 0.3) is 0 Å². The van der Waals surface area contributed by atoms with Crippen LogP contribution in [-0.4, -0.2) is 78.1 Å². The number of carbonyl (C=O) groups is 1. The Hall–Kier alpha value is -0.650. The van der Waals surface area contributed by atoms with Gasteiger partial charge in [0.2, 0.25) is 5.91 Å². The Morgan fingerprint density at radius 3 is 2.57 bits per heavy atom. The summed E-state index contributed by atoms with van der Waals surface area (Å²) >= 11 is 0. The van der Waals surface area contributed by atoms with Gasteiger partial charge in [0.15, 0.2) is 0 Å². The fourth-order valence-electron chi connectivity index (χ4n) is 4.65. The molecule has 1 aliphatic carbocycles. The monoisotopic (exact) mass is 294 g/mol. The molecule has 4 atom stereocenters. The first-order chi connectivity index (χ1) is 10.1. The van der Waals surface area contributed by atoms with Gasteiger partial charge in [0, 0.05) is 57.4 Å². The fourth-order valence-corrected chi connectivity index (χ4v) is 4.65. The van der Waals surface area contributed by atoms with Crippen molar-refractivity contribution in [1.82, 2.24) is 20.0 Å². The molecule has 3 unspecified atom stereocenters. The molecule has 120 valence electrons. The van der Waals surface area contributed by atoms with Gasteiger partial charge < -0.3 is 10.2 Å². The van der Waals surface area contributed by atoms with Crippen LogP contribution >= 0.6 is 0 Å². The van der Waals surface area contributed by atoms with Gasteiger partial charge in [-0.2, -0.15) is 0 Å². The molecule has 2 heterocycles. The highest BCUT2D eigenvalue weighted by atomic mass is 16.2.